The summed E-state index contributed by atoms with van der Waals surface area (Å²) in [6.45, 7) is 4.09. The van der Waals surface area contributed by atoms with Crippen LogP contribution in [0, 0.1) is 5.41 Å². The molecule has 0 amide bonds. The number of aliphatic hydroxyl groups excluding tert-OH is 1. The van der Waals surface area contributed by atoms with Crippen molar-refractivity contribution in [2.75, 3.05) is 13.1 Å². The minimum Gasteiger partial charge on any atom is -0.386 e. The molecule has 1 aromatic heterocycles. The van der Waals surface area contributed by atoms with Crippen molar-refractivity contribution in [2.45, 2.75) is 45.1 Å². The molecule has 0 spiro atoms. The van der Waals surface area contributed by atoms with Crippen LogP contribution in [0.25, 0.3) is 0 Å². The third kappa shape index (κ3) is 3.80. The van der Waals surface area contributed by atoms with Gasteiger partial charge in [0, 0.05) is 18.0 Å². The predicted molar refractivity (Wildman–Crippen MR) is 73.3 cm³/mol. The maximum atomic E-state index is 9.97. The van der Waals surface area contributed by atoms with Gasteiger partial charge in [0.2, 0.25) is 0 Å². The average molecular weight is 253 g/mol. The van der Waals surface area contributed by atoms with Crippen molar-refractivity contribution in [1.29, 1.82) is 0 Å². The second-order valence-electron chi connectivity index (χ2n) is 5.53. The van der Waals surface area contributed by atoms with Crippen LogP contribution in [0.4, 0.5) is 0 Å². The number of hydrogen-bond donors (Lipinski definition) is 2. The van der Waals surface area contributed by atoms with Gasteiger partial charge in [0.25, 0.3) is 0 Å². The molecular weight excluding hydrogens is 230 g/mol. The van der Waals surface area contributed by atoms with Crippen LogP contribution in [0.15, 0.2) is 17.5 Å². The zero-order chi connectivity index (χ0) is 12.1. The van der Waals surface area contributed by atoms with Gasteiger partial charge in [-0.1, -0.05) is 32.3 Å². The molecule has 0 aliphatic heterocycles. The van der Waals surface area contributed by atoms with Gasteiger partial charge in [-0.3, -0.25) is 0 Å². The largest absolute Gasteiger partial charge is 0.386 e. The Morgan fingerprint density at radius 3 is 2.82 bits per heavy atom. The van der Waals surface area contributed by atoms with Crippen molar-refractivity contribution >= 4 is 11.3 Å². The van der Waals surface area contributed by atoms with Crippen LogP contribution in [0.2, 0.25) is 0 Å². The summed E-state index contributed by atoms with van der Waals surface area (Å²) in [7, 11) is 0. The molecule has 0 radical (unpaired) electrons. The fourth-order valence-corrected chi connectivity index (χ4v) is 3.39. The lowest BCUT2D eigenvalue weighted by Gasteiger charge is -2.34. The van der Waals surface area contributed by atoms with Crippen molar-refractivity contribution in [3.8, 4) is 0 Å². The van der Waals surface area contributed by atoms with Gasteiger partial charge in [0.15, 0.2) is 0 Å². The Labute approximate surface area is 108 Å². The normalized spacial score (nSPS) is 21.3. The van der Waals surface area contributed by atoms with Crippen LogP contribution in [0.3, 0.4) is 0 Å². The first kappa shape index (κ1) is 13.1. The zero-order valence-electron chi connectivity index (χ0n) is 10.6. The van der Waals surface area contributed by atoms with Crippen LogP contribution in [0.1, 0.15) is 50.0 Å². The number of thiophene rings is 1. The highest BCUT2D eigenvalue weighted by Crippen LogP contribution is 2.35. The van der Waals surface area contributed by atoms with E-state index >= 15 is 0 Å². The molecule has 17 heavy (non-hydrogen) atoms. The molecule has 1 aliphatic rings. The van der Waals surface area contributed by atoms with Gasteiger partial charge in [-0.25, -0.2) is 0 Å². The van der Waals surface area contributed by atoms with E-state index in [9.17, 15) is 5.11 Å². The third-order valence-electron chi connectivity index (χ3n) is 3.82. The van der Waals surface area contributed by atoms with E-state index in [-0.39, 0.29) is 6.10 Å². The molecule has 0 aromatic carbocycles. The average Bonchev–Trinajstić information content (AvgIpc) is 2.83. The molecule has 96 valence electrons. The number of rotatable bonds is 5. The SMILES string of the molecule is CC1(CNCC(O)c2cccs2)CCCCC1. The molecule has 1 atom stereocenters. The van der Waals surface area contributed by atoms with Gasteiger partial charge in [0.05, 0.1) is 0 Å². The molecule has 1 fully saturated rings. The third-order valence-corrected chi connectivity index (χ3v) is 4.80. The van der Waals surface area contributed by atoms with E-state index in [1.165, 1.54) is 32.1 Å². The molecule has 2 N–H and O–H groups in total. The Bertz CT molecular complexity index is 317. The minimum atomic E-state index is -0.345. The first-order valence-corrected chi connectivity index (χ1v) is 7.50. The first-order valence-electron chi connectivity index (χ1n) is 6.62. The summed E-state index contributed by atoms with van der Waals surface area (Å²) in [5.74, 6) is 0. The highest BCUT2D eigenvalue weighted by atomic mass is 32.1. The first-order chi connectivity index (χ1) is 8.20. The molecule has 1 aromatic rings. The maximum Gasteiger partial charge on any atom is 0.101 e. The van der Waals surface area contributed by atoms with Crippen molar-refractivity contribution < 1.29 is 5.11 Å². The minimum absolute atomic E-state index is 0.345. The predicted octanol–water partition coefficient (Wildman–Crippen LogP) is 3.34. The van der Waals surface area contributed by atoms with Gasteiger partial charge < -0.3 is 10.4 Å². The Hall–Kier alpha value is -0.380. The van der Waals surface area contributed by atoms with E-state index in [1.807, 2.05) is 17.5 Å². The number of nitrogens with one attached hydrogen (secondary N) is 1. The lowest BCUT2D eigenvalue weighted by atomic mass is 9.76. The van der Waals surface area contributed by atoms with Crippen molar-refractivity contribution in [3.05, 3.63) is 22.4 Å². The Balaban J connectivity index is 1.72. The lowest BCUT2D eigenvalue weighted by Crippen LogP contribution is -2.35. The zero-order valence-corrected chi connectivity index (χ0v) is 11.4. The van der Waals surface area contributed by atoms with E-state index in [0.717, 1.165) is 11.4 Å². The van der Waals surface area contributed by atoms with E-state index < -0.39 is 0 Å². The van der Waals surface area contributed by atoms with E-state index in [2.05, 4.69) is 12.2 Å². The Morgan fingerprint density at radius 1 is 1.41 bits per heavy atom. The monoisotopic (exact) mass is 253 g/mol. The lowest BCUT2D eigenvalue weighted by molar-refractivity contribution is 0.158. The van der Waals surface area contributed by atoms with E-state index in [0.29, 0.717) is 12.0 Å². The Kier molecular flexibility index (Phi) is 4.60. The molecule has 2 nitrogen and oxygen atoms in total. The molecular formula is C14H23NOS. The quantitative estimate of drug-likeness (QED) is 0.843. The molecule has 0 saturated heterocycles. The molecule has 0 bridgehead atoms. The van der Waals surface area contributed by atoms with Crippen LogP contribution in [-0.4, -0.2) is 18.2 Å². The fraction of sp³-hybridized carbons (Fsp3) is 0.714. The van der Waals surface area contributed by atoms with Crippen molar-refractivity contribution in [2.24, 2.45) is 5.41 Å². The van der Waals surface area contributed by atoms with Crippen LogP contribution in [0.5, 0.6) is 0 Å². The summed E-state index contributed by atoms with van der Waals surface area (Å²) in [6, 6.07) is 3.99. The maximum absolute atomic E-state index is 9.97. The van der Waals surface area contributed by atoms with Crippen molar-refractivity contribution in [3.63, 3.8) is 0 Å². The molecule has 1 aliphatic carbocycles. The molecule has 3 heteroatoms. The van der Waals surface area contributed by atoms with Gasteiger partial charge in [-0.05, 0) is 29.7 Å². The van der Waals surface area contributed by atoms with Crippen molar-refractivity contribution in [1.82, 2.24) is 5.32 Å². The highest BCUT2D eigenvalue weighted by molar-refractivity contribution is 7.10. The number of hydrogen-bond acceptors (Lipinski definition) is 3. The summed E-state index contributed by atoms with van der Waals surface area (Å²) in [5, 5.41) is 15.4. The molecule has 1 saturated carbocycles. The second kappa shape index (κ2) is 5.98. The van der Waals surface area contributed by atoms with Gasteiger partial charge in [-0.15, -0.1) is 11.3 Å². The van der Waals surface area contributed by atoms with E-state index in [1.54, 1.807) is 11.3 Å². The summed E-state index contributed by atoms with van der Waals surface area (Å²) < 4.78 is 0. The number of aliphatic hydroxyl groups is 1. The fourth-order valence-electron chi connectivity index (χ4n) is 2.67. The standard InChI is InChI=1S/C14H23NOS/c1-14(7-3-2-4-8-14)11-15-10-12(16)13-6-5-9-17-13/h5-6,9,12,15-16H,2-4,7-8,10-11H2,1H3. The topological polar surface area (TPSA) is 32.3 Å². The smallest absolute Gasteiger partial charge is 0.101 e. The Morgan fingerprint density at radius 2 is 2.18 bits per heavy atom. The van der Waals surface area contributed by atoms with Crippen LogP contribution >= 0.6 is 11.3 Å². The second-order valence-corrected chi connectivity index (χ2v) is 6.51. The van der Waals surface area contributed by atoms with E-state index in [4.69, 9.17) is 0 Å². The summed E-state index contributed by atoms with van der Waals surface area (Å²) in [5.41, 5.74) is 0.452. The van der Waals surface area contributed by atoms with Gasteiger partial charge >= 0.3 is 0 Å². The summed E-state index contributed by atoms with van der Waals surface area (Å²) in [6.07, 6.45) is 6.44. The molecule has 2 rings (SSSR count). The van der Waals surface area contributed by atoms with Gasteiger partial charge in [0.1, 0.15) is 6.10 Å². The molecule has 1 unspecified atom stereocenters. The molecule has 1 heterocycles. The summed E-state index contributed by atoms with van der Waals surface area (Å²) >= 11 is 1.63. The van der Waals surface area contributed by atoms with Crippen LogP contribution < -0.4 is 5.32 Å². The summed E-state index contributed by atoms with van der Waals surface area (Å²) in [4.78, 5) is 1.06. The van der Waals surface area contributed by atoms with Crippen LogP contribution in [-0.2, 0) is 0 Å². The van der Waals surface area contributed by atoms with Gasteiger partial charge in [-0.2, -0.15) is 0 Å². The highest BCUT2D eigenvalue weighted by Gasteiger charge is 2.26.